The van der Waals surface area contributed by atoms with Gasteiger partial charge in [0.05, 0.1) is 0 Å². The van der Waals surface area contributed by atoms with Crippen molar-refractivity contribution in [1.29, 1.82) is 0 Å². The molecule has 0 saturated heterocycles. The lowest BCUT2D eigenvalue weighted by Gasteiger charge is -2.22. The Bertz CT molecular complexity index is 317. The lowest BCUT2D eigenvalue weighted by Crippen LogP contribution is -2.28. The van der Waals surface area contributed by atoms with Crippen molar-refractivity contribution in [3.63, 3.8) is 0 Å². The molecule has 0 aliphatic heterocycles. The van der Waals surface area contributed by atoms with Gasteiger partial charge in [-0.1, -0.05) is 51.0 Å². The highest BCUT2D eigenvalue weighted by Crippen LogP contribution is 2.09. The molecule has 0 heterocycles. The fourth-order valence-electron chi connectivity index (χ4n) is 2.27. The van der Waals surface area contributed by atoms with Crippen LogP contribution in [0.5, 0.6) is 0 Å². The van der Waals surface area contributed by atoms with Crippen molar-refractivity contribution < 1.29 is 0 Å². The van der Waals surface area contributed by atoms with Crippen LogP contribution in [-0.4, -0.2) is 24.5 Å². The summed E-state index contributed by atoms with van der Waals surface area (Å²) in [5.74, 6) is 0. The van der Waals surface area contributed by atoms with Gasteiger partial charge in [0.15, 0.2) is 0 Å². The van der Waals surface area contributed by atoms with E-state index in [9.17, 15) is 0 Å². The van der Waals surface area contributed by atoms with Crippen LogP contribution in [0.4, 0.5) is 0 Å². The smallest absolute Gasteiger partial charge is 0.00219 e. The van der Waals surface area contributed by atoms with Crippen molar-refractivity contribution in [2.45, 2.75) is 52.9 Å². The topological polar surface area (TPSA) is 3.24 Å². The molecule has 0 aromatic heterocycles. The second kappa shape index (κ2) is 11.3. The molecule has 1 aromatic rings. The number of benzene rings is 1. The third-order valence-electron chi connectivity index (χ3n) is 3.61. The van der Waals surface area contributed by atoms with E-state index in [4.69, 9.17) is 0 Å². The maximum Gasteiger partial charge on any atom is 0.00219 e. The van der Waals surface area contributed by atoms with Crippen molar-refractivity contribution in [2.75, 3.05) is 19.6 Å². The van der Waals surface area contributed by atoms with Crippen LogP contribution in [0.1, 0.15) is 50.7 Å². The minimum atomic E-state index is 0. The minimum absolute atomic E-state index is 0. The third-order valence-corrected chi connectivity index (χ3v) is 3.61. The van der Waals surface area contributed by atoms with Crippen LogP contribution in [0.25, 0.3) is 0 Å². The molecule has 0 aliphatic carbocycles. The lowest BCUT2D eigenvalue weighted by molar-refractivity contribution is 0.268. The first-order chi connectivity index (χ1) is 8.77. The number of hydrogen-bond donors (Lipinski definition) is 0. The van der Waals surface area contributed by atoms with E-state index in [1.165, 1.54) is 62.9 Å². The summed E-state index contributed by atoms with van der Waals surface area (Å²) < 4.78 is 0. The van der Waals surface area contributed by atoms with Gasteiger partial charge in [-0.25, -0.2) is 0 Å². The molecule has 0 fully saturated rings. The highest BCUT2D eigenvalue weighted by Gasteiger charge is 2.05. The zero-order valence-corrected chi connectivity index (χ0v) is 13.6. The Balaban J connectivity index is 0.00000324. The summed E-state index contributed by atoms with van der Waals surface area (Å²) in [7, 11) is 0. The SMILES string of the molecule is CCCCN(CCCC)CCc1ccccc1C.Cl. The normalized spacial score (nSPS) is 10.5. The molecular formula is C17H30ClN. The molecule has 110 valence electrons. The molecule has 0 spiro atoms. The fraction of sp³-hybridized carbons (Fsp3) is 0.647. The standard InChI is InChI=1S/C17H29N.ClH/c1-4-6-13-18(14-7-5-2)15-12-17-11-9-8-10-16(17)3;/h8-11H,4-7,12-15H2,1-3H3;1H. The number of unbranched alkanes of at least 4 members (excludes halogenated alkanes) is 2. The zero-order valence-electron chi connectivity index (χ0n) is 12.8. The summed E-state index contributed by atoms with van der Waals surface area (Å²) in [6, 6.07) is 8.78. The molecular weight excluding hydrogens is 254 g/mol. The van der Waals surface area contributed by atoms with Gasteiger partial charge in [-0.2, -0.15) is 0 Å². The summed E-state index contributed by atoms with van der Waals surface area (Å²) in [6.07, 6.45) is 6.45. The van der Waals surface area contributed by atoms with Gasteiger partial charge in [0.25, 0.3) is 0 Å². The van der Waals surface area contributed by atoms with Crippen LogP contribution in [0.2, 0.25) is 0 Å². The predicted octanol–water partition coefficient (Wildman–Crippen LogP) is 4.86. The zero-order chi connectivity index (χ0) is 13.2. The van der Waals surface area contributed by atoms with Gasteiger partial charge in [-0.3, -0.25) is 0 Å². The summed E-state index contributed by atoms with van der Waals surface area (Å²) in [5.41, 5.74) is 2.94. The number of halogens is 1. The first-order valence-electron chi connectivity index (χ1n) is 7.54. The van der Waals surface area contributed by atoms with Crippen molar-refractivity contribution >= 4 is 12.4 Å². The third kappa shape index (κ3) is 7.59. The number of hydrogen-bond acceptors (Lipinski definition) is 1. The Kier molecular flexibility index (Phi) is 11.0. The summed E-state index contributed by atoms with van der Waals surface area (Å²) in [4.78, 5) is 2.64. The van der Waals surface area contributed by atoms with Gasteiger partial charge in [0.1, 0.15) is 0 Å². The van der Waals surface area contributed by atoms with Gasteiger partial charge in [-0.05, 0) is 50.4 Å². The van der Waals surface area contributed by atoms with E-state index in [0.717, 1.165) is 0 Å². The fourth-order valence-corrected chi connectivity index (χ4v) is 2.27. The summed E-state index contributed by atoms with van der Waals surface area (Å²) in [6.45, 7) is 10.5. The first-order valence-corrected chi connectivity index (χ1v) is 7.54. The van der Waals surface area contributed by atoms with Crippen LogP contribution in [0, 0.1) is 6.92 Å². The Morgan fingerprint density at radius 1 is 0.895 bits per heavy atom. The van der Waals surface area contributed by atoms with E-state index >= 15 is 0 Å². The summed E-state index contributed by atoms with van der Waals surface area (Å²) in [5, 5.41) is 0. The highest BCUT2D eigenvalue weighted by molar-refractivity contribution is 5.85. The molecule has 0 N–H and O–H groups in total. The minimum Gasteiger partial charge on any atom is -0.303 e. The average molecular weight is 284 g/mol. The van der Waals surface area contributed by atoms with Crippen molar-refractivity contribution in [3.8, 4) is 0 Å². The second-order valence-electron chi connectivity index (χ2n) is 5.23. The van der Waals surface area contributed by atoms with Crippen LogP contribution in [0.3, 0.4) is 0 Å². The number of aryl methyl sites for hydroxylation is 1. The quantitative estimate of drug-likeness (QED) is 0.625. The van der Waals surface area contributed by atoms with E-state index < -0.39 is 0 Å². The molecule has 0 amide bonds. The first kappa shape index (κ1) is 18.5. The molecule has 0 bridgehead atoms. The highest BCUT2D eigenvalue weighted by atomic mass is 35.5. The maximum atomic E-state index is 2.64. The summed E-state index contributed by atoms with van der Waals surface area (Å²) >= 11 is 0. The molecule has 1 aromatic carbocycles. The number of rotatable bonds is 9. The Labute approximate surface area is 125 Å². The van der Waals surface area contributed by atoms with E-state index in [0.29, 0.717) is 0 Å². The van der Waals surface area contributed by atoms with Gasteiger partial charge in [-0.15, -0.1) is 12.4 Å². The number of nitrogens with zero attached hydrogens (tertiary/aromatic N) is 1. The Hall–Kier alpha value is -0.530. The van der Waals surface area contributed by atoms with Crippen molar-refractivity contribution in [3.05, 3.63) is 35.4 Å². The largest absolute Gasteiger partial charge is 0.303 e. The van der Waals surface area contributed by atoms with Crippen molar-refractivity contribution in [1.82, 2.24) is 4.90 Å². The lowest BCUT2D eigenvalue weighted by atomic mass is 10.1. The maximum absolute atomic E-state index is 2.64. The Morgan fingerprint density at radius 3 is 2.00 bits per heavy atom. The van der Waals surface area contributed by atoms with E-state index in [2.05, 4.69) is 49.9 Å². The van der Waals surface area contributed by atoms with Crippen LogP contribution >= 0.6 is 12.4 Å². The van der Waals surface area contributed by atoms with Gasteiger partial charge >= 0.3 is 0 Å². The molecule has 0 unspecified atom stereocenters. The molecule has 1 nitrogen and oxygen atoms in total. The van der Waals surface area contributed by atoms with Crippen LogP contribution < -0.4 is 0 Å². The van der Waals surface area contributed by atoms with Gasteiger partial charge in [0.2, 0.25) is 0 Å². The molecule has 2 heteroatoms. The molecule has 0 radical (unpaired) electrons. The molecule has 0 aliphatic rings. The van der Waals surface area contributed by atoms with E-state index in [-0.39, 0.29) is 12.4 Å². The van der Waals surface area contributed by atoms with Crippen LogP contribution in [0.15, 0.2) is 24.3 Å². The average Bonchev–Trinajstić information content (AvgIpc) is 2.39. The van der Waals surface area contributed by atoms with Gasteiger partial charge in [0, 0.05) is 6.54 Å². The van der Waals surface area contributed by atoms with Crippen molar-refractivity contribution in [2.24, 2.45) is 0 Å². The van der Waals surface area contributed by atoms with E-state index in [1.54, 1.807) is 0 Å². The molecule has 19 heavy (non-hydrogen) atoms. The second-order valence-corrected chi connectivity index (χ2v) is 5.23. The molecule has 0 atom stereocenters. The molecule has 0 saturated carbocycles. The monoisotopic (exact) mass is 283 g/mol. The van der Waals surface area contributed by atoms with E-state index in [1.807, 2.05) is 0 Å². The van der Waals surface area contributed by atoms with Crippen LogP contribution in [-0.2, 0) is 6.42 Å². The molecule has 1 rings (SSSR count). The predicted molar refractivity (Wildman–Crippen MR) is 88.4 cm³/mol. The Morgan fingerprint density at radius 2 is 1.47 bits per heavy atom. The van der Waals surface area contributed by atoms with Gasteiger partial charge < -0.3 is 4.90 Å².